The van der Waals surface area contributed by atoms with Crippen LogP contribution in [-0.4, -0.2) is 60.0 Å². The number of carboxylic acid groups (broad SMARTS) is 2. The molecule has 126 valence electrons. The van der Waals surface area contributed by atoms with Crippen LogP contribution < -0.4 is 5.32 Å². The van der Waals surface area contributed by atoms with E-state index in [9.17, 15) is 4.79 Å². The second-order valence-corrected chi connectivity index (χ2v) is 4.47. The van der Waals surface area contributed by atoms with Gasteiger partial charge >= 0.3 is 5.97 Å². The van der Waals surface area contributed by atoms with E-state index >= 15 is 0 Å². The fourth-order valence-electron chi connectivity index (χ4n) is 1.47. The first-order chi connectivity index (χ1) is 9.93. The van der Waals surface area contributed by atoms with E-state index in [1.165, 1.54) is 19.3 Å². The van der Waals surface area contributed by atoms with E-state index in [0.717, 1.165) is 26.6 Å². The lowest BCUT2D eigenvalue weighted by molar-refractivity contribution is -0.161. The molecule has 0 aliphatic heterocycles. The maximum atomic E-state index is 10.5. The molecule has 7 nitrogen and oxygen atoms in total. The zero-order chi connectivity index (χ0) is 16.5. The lowest BCUT2D eigenvalue weighted by Crippen LogP contribution is -2.34. The van der Waals surface area contributed by atoms with Gasteiger partial charge in [0.1, 0.15) is 0 Å². The van der Waals surface area contributed by atoms with Crippen molar-refractivity contribution in [2.75, 3.05) is 32.8 Å². The minimum Gasteiger partial charge on any atom is -0.481 e. The molecule has 0 aromatic rings. The average Bonchev–Trinajstić information content (AvgIpc) is 2.39. The predicted molar refractivity (Wildman–Crippen MR) is 81.2 cm³/mol. The van der Waals surface area contributed by atoms with Crippen LogP contribution in [0.5, 0.6) is 0 Å². The highest BCUT2D eigenvalue weighted by atomic mass is 16.7. The van der Waals surface area contributed by atoms with Gasteiger partial charge in [0, 0.05) is 26.6 Å². The molecule has 0 saturated carbocycles. The normalized spacial score (nSPS) is 10.1. The molecule has 21 heavy (non-hydrogen) atoms. The Hall–Kier alpha value is -1.18. The molecule has 0 radical (unpaired) electrons. The summed E-state index contributed by atoms with van der Waals surface area (Å²) in [5, 5.41) is 21.1. The molecule has 0 aromatic heterocycles. The van der Waals surface area contributed by atoms with Crippen molar-refractivity contribution in [2.45, 2.75) is 46.5 Å². The summed E-state index contributed by atoms with van der Waals surface area (Å²) in [5.41, 5.74) is 0. The van der Waals surface area contributed by atoms with Gasteiger partial charge in [-0.25, -0.2) is 0 Å². The van der Waals surface area contributed by atoms with Crippen LogP contribution in [0.25, 0.3) is 0 Å². The van der Waals surface area contributed by atoms with Gasteiger partial charge in [-0.05, 0) is 19.9 Å². The van der Waals surface area contributed by atoms with Gasteiger partial charge in [-0.2, -0.15) is 5.06 Å². The van der Waals surface area contributed by atoms with E-state index in [0.29, 0.717) is 13.2 Å². The Morgan fingerprint density at radius 1 is 1.10 bits per heavy atom. The van der Waals surface area contributed by atoms with Crippen molar-refractivity contribution in [3.8, 4) is 0 Å². The monoisotopic (exact) mass is 306 g/mol. The fraction of sp³-hybridized carbons (Fsp3) is 0.857. The zero-order valence-corrected chi connectivity index (χ0v) is 13.4. The second kappa shape index (κ2) is 16.9. The maximum Gasteiger partial charge on any atom is 0.304 e. The third-order valence-electron chi connectivity index (χ3n) is 2.38. The largest absolute Gasteiger partial charge is 0.481 e. The van der Waals surface area contributed by atoms with Gasteiger partial charge in [-0.3, -0.25) is 14.4 Å². The topological polar surface area (TPSA) is 99.1 Å². The standard InChI is InChI=1S/C12H26N2O3.C2H4O2/c1-3-5-6-8-13-9-11-14(17-4-2)10-7-12(15)16;1-2(3)4/h13H,3-11H2,1-2H3,(H,15,16);1H3,(H,3,4). The van der Waals surface area contributed by atoms with Gasteiger partial charge in [0.2, 0.25) is 0 Å². The summed E-state index contributed by atoms with van der Waals surface area (Å²) in [6, 6.07) is 0. The van der Waals surface area contributed by atoms with Gasteiger partial charge in [0.05, 0.1) is 13.0 Å². The van der Waals surface area contributed by atoms with Crippen molar-refractivity contribution in [3.63, 3.8) is 0 Å². The van der Waals surface area contributed by atoms with Crippen LogP contribution in [0.15, 0.2) is 0 Å². The first-order valence-corrected chi connectivity index (χ1v) is 7.43. The molecule has 0 heterocycles. The zero-order valence-electron chi connectivity index (χ0n) is 13.4. The van der Waals surface area contributed by atoms with Crippen LogP contribution >= 0.6 is 0 Å². The van der Waals surface area contributed by atoms with E-state index in [1.54, 1.807) is 5.06 Å². The van der Waals surface area contributed by atoms with Gasteiger partial charge in [-0.15, -0.1) is 0 Å². The van der Waals surface area contributed by atoms with Crippen LogP contribution in [0, 0.1) is 0 Å². The summed E-state index contributed by atoms with van der Waals surface area (Å²) in [7, 11) is 0. The summed E-state index contributed by atoms with van der Waals surface area (Å²) in [5.74, 6) is -1.62. The van der Waals surface area contributed by atoms with Crippen LogP contribution in [0.4, 0.5) is 0 Å². The second-order valence-electron chi connectivity index (χ2n) is 4.47. The molecule has 0 atom stereocenters. The maximum absolute atomic E-state index is 10.5. The lowest BCUT2D eigenvalue weighted by atomic mass is 10.2. The molecule has 0 aromatic carbocycles. The Labute approximate surface area is 127 Å². The molecule has 0 rings (SSSR count). The molecule has 0 amide bonds. The van der Waals surface area contributed by atoms with E-state index in [2.05, 4.69) is 12.2 Å². The first kappa shape index (κ1) is 22.1. The van der Waals surface area contributed by atoms with Crippen molar-refractivity contribution in [1.82, 2.24) is 10.4 Å². The number of aliphatic carboxylic acids is 2. The van der Waals surface area contributed by atoms with Crippen molar-refractivity contribution in [2.24, 2.45) is 0 Å². The van der Waals surface area contributed by atoms with Crippen LogP contribution in [-0.2, 0) is 14.4 Å². The van der Waals surface area contributed by atoms with E-state index < -0.39 is 11.9 Å². The lowest BCUT2D eigenvalue weighted by Gasteiger charge is -2.20. The van der Waals surface area contributed by atoms with Crippen LogP contribution in [0.3, 0.4) is 0 Å². The van der Waals surface area contributed by atoms with Crippen LogP contribution in [0.2, 0.25) is 0 Å². The first-order valence-electron chi connectivity index (χ1n) is 7.43. The fourth-order valence-corrected chi connectivity index (χ4v) is 1.47. The van der Waals surface area contributed by atoms with Gasteiger partial charge < -0.3 is 15.5 Å². The van der Waals surface area contributed by atoms with Crippen molar-refractivity contribution < 1.29 is 24.6 Å². The summed E-state index contributed by atoms with van der Waals surface area (Å²) < 4.78 is 0. The Morgan fingerprint density at radius 2 is 1.71 bits per heavy atom. The van der Waals surface area contributed by atoms with Crippen molar-refractivity contribution >= 4 is 11.9 Å². The third kappa shape index (κ3) is 24.2. The quantitative estimate of drug-likeness (QED) is 0.372. The van der Waals surface area contributed by atoms with E-state index in [4.69, 9.17) is 19.8 Å². The molecule has 0 unspecified atom stereocenters. The number of nitrogens with one attached hydrogen (secondary N) is 1. The molecule has 0 fully saturated rings. The Balaban J connectivity index is 0. The molecule has 0 aliphatic rings. The van der Waals surface area contributed by atoms with Crippen molar-refractivity contribution in [1.29, 1.82) is 0 Å². The number of nitrogens with zero attached hydrogens (tertiary/aromatic N) is 1. The summed E-state index contributed by atoms with van der Waals surface area (Å²) >= 11 is 0. The highest BCUT2D eigenvalue weighted by molar-refractivity contribution is 5.66. The number of hydroxylamine groups is 2. The molecule has 0 aliphatic carbocycles. The number of unbranched alkanes of at least 4 members (excludes halogenated alkanes) is 2. The number of hydrogen-bond donors (Lipinski definition) is 3. The smallest absolute Gasteiger partial charge is 0.304 e. The number of hydrogen-bond acceptors (Lipinski definition) is 5. The van der Waals surface area contributed by atoms with Crippen LogP contribution in [0.1, 0.15) is 46.5 Å². The average molecular weight is 306 g/mol. The van der Waals surface area contributed by atoms with E-state index in [-0.39, 0.29) is 6.42 Å². The number of carboxylic acids is 2. The molecule has 0 bridgehead atoms. The summed E-state index contributed by atoms with van der Waals surface area (Å²) in [6.45, 7) is 8.78. The predicted octanol–water partition coefficient (Wildman–Crippen LogP) is 1.59. The number of rotatable bonds is 12. The minimum atomic E-state index is -0.833. The third-order valence-corrected chi connectivity index (χ3v) is 2.38. The Kier molecular flexibility index (Phi) is 17.8. The van der Waals surface area contributed by atoms with Gasteiger partial charge in [-0.1, -0.05) is 19.8 Å². The Morgan fingerprint density at radius 3 is 2.19 bits per heavy atom. The summed E-state index contributed by atoms with van der Waals surface area (Å²) in [4.78, 5) is 24.8. The SMILES string of the molecule is CC(=O)O.CCCCCNCCN(CCC(=O)O)OCC. The van der Waals surface area contributed by atoms with Gasteiger partial charge in [0.15, 0.2) is 0 Å². The summed E-state index contributed by atoms with van der Waals surface area (Å²) in [6.07, 6.45) is 3.79. The number of carbonyl (C=O) groups is 2. The van der Waals surface area contributed by atoms with E-state index in [1.807, 2.05) is 6.92 Å². The highest BCUT2D eigenvalue weighted by Gasteiger charge is 2.06. The molecular weight excluding hydrogens is 276 g/mol. The molecule has 3 N–H and O–H groups in total. The molecule has 0 saturated heterocycles. The minimum absolute atomic E-state index is 0.121. The van der Waals surface area contributed by atoms with Crippen molar-refractivity contribution in [3.05, 3.63) is 0 Å². The molecule has 7 heteroatoms. The molecule has 0 spiro atoms. The molecular formula is C14H30N2O5. The Bertz CT molecular complexity index is 258. The van der Waals surface area contributed by atoms with Gasteiger partial charge in [0.25, 0.3) is 5.97 Å². The highest BCUT2D eigenvalue weighted by Crippen LogP contribution is 1.94.